The molecule has 1 saturated heterocycles. The largest absolute Gasteiger partial charge is 0.338 e. The van der Waals surface area contributed by atoms with Gasteiger partial charge in [-0.3, -0.25) is 0 Å². The van der Waals surface area contributed by atoms with E-state index >= 15 is 0 Å². The average molecular weight is 339 g/mol. The van der Waals surface area contributed by atoms with Gasteiger partial charge in [-0.25, -0.2) is 9.78 Å². The molecule has 1 aromatic rings. The Hall–Kier alpha value is -1.14. The summed E-state index contributed by atoms with van der Waals surface area (Å²) in [7, 11) is 1.82. The summed E-state index contributed by atoms with van der Waals surface area (Å²) in [6.07, 6.45) is 4.86. The minimum atomic E-state index is -0.0116. The number of hydrogen-bond acceptors (Lipinski definition) is 4. The van der Waals surface area contributed by atoms with Gasteiger partial charge in [0.25, 0.3) is 0 Å². The molecule has 2 heterocycles. The number of likely N-dealkylation sites (tertiary alicyclic amines) is 1. The van der Waals surface area contributed by atoms with Crippen LogP contribution in [0.4, 0.5) is 4.79 Å². The van der Waals surface area contributed by atoms with Crippen LogP contribution in [0.2, 0.25) is 0 Å². The molecular formula is C17H30N4OS. The molecule has 23 heavy (non-hydrogen) atoms. The predicted molar refractivity (Wildman–Crippen MR) is 95.8 cm³/mol. The molecule has 2 rings (SSSR count). The van der Waals surface area contributed by atoms with Gasteiger partial charge < -0.3 is 15.1 Å². The van der Waals surface area contributed by atoms with Crippen molar-refractivity contribution in [2.75, 3.05) is 33.2 Å². The first-order valence-electron chi connectivity index (χ1n) is 8.67. The van der Waals surface area contributed by atoms with Gasteiger partial charge in [0.2, 0.25) is 0 Å². The van der Waals surface area contributed by atoms with E-state index in [-0.39, 0.29) is 6.03 Å². The van der Waals surface area contributed by atoms with Crippen LogP contribution in [0, 0.1) is 12.8 Å². The van der Waals surface area contributed by atoms with Crippen molar-refractivity contribution < 1.29 is 4.79 Å². The number of aromatic nitrogens is 1. The second-order valence-corrected chi connectivity index (χ2v) is 7.74. The summed E-state index contributed by atoms with van der Waals surface area (Å²) in [4.78, 5) is 20.7. The molecule has 130 valence electrons. The Bertz CT molecular complexity index is 483. The summed E-state index contributed by atoms with van der Waals surface area (Å²) in [5, 5.41) is 6.05. The number of nitrogens with zero attached hydrogens (tertiary/aromatic N) is 3. The molecule has 0 atom stereocenters. The van der Waals surface area contributed by atoms with Gasteiger partial charge in [-0.05, 0) is 58.2 Å². The Morgan fingerprint density at radius 3 is 2.83 bits per heavy atom. The molecule has 0 spiro atoms. The van der Waals surface area contributed by atoms with E-state index in [9.17, 15) is 4.79 Å². The molecule has 1 fully saturated rings. The lowest BCUT2D eigenvalue weighted by atomic mass is 9.99. The highest BCUT2D eigenvalue weighted by atomic mass is 32.1. The molecule has 0 unspecified atom stereocenters. The molecule has 1 aliphatic heterocycles. The molecule has 0 saturated carbocycles. The van der Waals surface area contributed by atoms with Crippen molar-refractivity contribution in [3.8, 4) is 0 Å². The van der Waals surface area contributed by atoms with Gasteiger partial charge in [0.05, 0.1) is 17.2 Å². The van der Waals surface area contributed by atoms with Crippen molar-refractivity contribution in [2.45, 2.75) is 46.1 Å². The predicted octanol–water partition coefficient (Wildman–Crippen LogP) is 3.11. The normalized spacial score (nSPS) is 16.5. The number of piperidine rings is 1. The van der Waals surface area contributed by atoms with Crippen LogP contribution >= 0.6 is 11.3 Å². The second kappa shape index (κ2) is 9.23. The second-order valence-electron chi connectivity index (χ2n) is 6.68. The molecule has 0 bridgehead atoms. The minimum absolute atomic E-state index is 0.0116. The smallest absolute Gasteiger partial charge is 0.317 e. The number of amides is 2. The third-order valence-electron chi connectivity index (χ3n) is 4.47. The summed E-state index contributed by atoms with van der Waals surface area (Å²) >= 11 is 1.62. The van der Waals surface area contributed by atoms with Gasteiger partial charge in [0, 0.05) is 19.0 Å². The summed E-state index contributed by atoms with van der Waals surface area (Å²) in [5.41, 5.74) is 0.962. The summed E-state index contributed by atoms with van der Waals surface area (Å²) in [6.45, 7) is 9.29. The maximum Gasteiger partial charge on any atom is 0.317 e. The van der Waals surface area contributed by atoms with E-state index < -0.39 is 0 Å². The van der Waals surface area contributed by atoms with Crippen LogP contribution in [0.1, 0.15) is 43.3 Å². The number of carbonyl (C=O) groups excluding carboxylic acids is 1. The van der Waals surface area contributed by atoms with Crippen LogP contribution in [-0.4, -0.2) is 54.0 Å². The van der Waals surface area contributed by atoms with E-state index in [1.807, 2.05) is 19.4 Å². The zero-order chi connectivity index (χ0) is 16.7. The van der Waals surface area contributed by atoms with Crippen LogP contribution < -0.4 is 5.32 Å². The molecule has 0 radical (unpaired) electrons. The molecule has 6 heteroatoms. The van der Waals surface area contributed by atoms with Crippen molar-refractivity contribution in [3.05, 3.63) is 16.1 Å². The molecule has 5 nitrogen and oxygen atoms in total. The monoisotopic (exact) mass is 338 g/mol. The van der Waals surface area contributed by atoms with Gasteiger partial charge in [-0.1, -0.05) is 6.92 Å². The minimum Gasteiger partial charge on any atom is -0.338 e. The Kier molecular flexibility index (Phi) is 7.30. The molecule has 1 aliphatic rings. The quantitative estimate of drug-likeness (QED) is 0.777. The average Bonchev–Trinajstić information content (AvgIpc) is 2.93. The zero-order valence-corrected chi connectivity index (χ0v) is 15.5. The Balaban J connectivity index is 1.54. The van der Waals surface area contributed by atoms with E-state index in [4.69, 9.17) is 0 Å². The number of thiazole rings is 1. The van der Waals surface area contributed by atoms with Gasteiger partial charge in [-0.2, -0.15) is 0 Å². The van der Waals surface area contributed by atoms with E-state index in [1.54, 1.807) is 16.2 Å². The highest BCUT2D eigenvalue weighted by Gasteiger charge is 2.15. The van der Waals surface area contributed by atoms with E-state index in [2.05, 4.69) is 22.1 Å². The first-order valence-corrected chi connectivity index (χ1v) is 9.55. The van der Waals surface area contributed by atoms with E-state index in [1.165, 1.54) is 25.9 Å². The zero-order valence-electron chi connectivity index (χ0n) is 14.7. The molecular weight excluding hydrogens is 308 g/mol. The summed E-state index contributed by atoms with van der Waals surface area (Å²) < 4.78 is 0. The Labute approximate surface area is 144 Å². The fourth-order valence-electron chi connectivity index (χ4n) is 2.87. The molecule has 1 aromatic heterocycles. The Morgan fingerprint density at radius 1 is 1.43 bits per heavy atom. The van der Waals surface area contributed by atoms with Crippen LogP contribution in [0.3, 0.4) is 0 Å². The van der Waals surface area contributed by atoms with Crippen molar-refractivity contribution in [1.82, 2.24) is 20.1 Å². The van der Waals surface area contributed by atoms with Crippen molar-refractivity contribution in [2.24, 2.45) is 5.92 Å². The summed E-state index contributed by atoms with van der Waals surface area (Å²) in [5.74, 6) is 0.891. The van der Waals surface area contributed by atoms with Crippen LogP contribution in [0.5, 0.6) is 0 Å². The SMILES string of the molecule is Cc1nc(CN(C)C(=O)NCCCCN2CCC(C)CC2)cs1. The number of carbonyl (C=O) groups is 1. The van der Waals surface area contributed by atoms with Crippen molar-refractivity contribution in [3.63, 3.8) is 0 Å². The van der Waals surface area contributed by atoms with Gasteiger partial charge >= 0.3 is 6.03 Å². The van der Waals surface area contributed by atoms with E-state index in [0.29, 0.717) is 6.54 Å². The van der Waals surface area contributed by atoms with Crippen molar-refractivity contribution in [1.29, 1.82) is 0 Å². The third kappa shape index (κ3) is 6.47. The first kappa shape index (κ1) is 18.2. The maximum atomic E-state index is 12.0. The lowest BCUT2D eigenvalue weighted by molar-refractivity contribution is 0.188. The molecule has 2 amide bonds. The van der Waals surface area contributed by atoms with E-state index in [0.717, 1.165) is 42.6 Å². The number of urea groups is 1. The molecule has 1 N–H and O–H groups in total. The standard InChI is InChI=1S/C17H30N4OS/c1-14-6-10-21(11-7-14)9-5-4-8-18-17(22)20(3)12-16-13-23-15(2)19-16/h13-14H,4-12H2,1-3H3,(H,18,22). The van der Waals surface area contributed by atoms with Crippen LogP contribution in [0.25, 0.3) is 0 Å². The van der Waals surface area contributed by atoms with Gasteiger partial charge in [0.15, 0.2) is 0 Å². The lowest BCUT2D eigenvalue weighted by Crippen LogP contribution is -2.38. The third-order valence-corrected chi connectivity index (χ3v) is 5.29. The number of unbranched alkanes of at least 4 members (excludes halogenated alkanes) is 1. The molecule has 0 aliphatic carbocycles. The summed E-state index contributed by atoms with van der Waals surface area (Å²) in [6, 6.07) is -0.0116. The number of hydrogen-bond donors (Lipinski definition) is 1. The van der Waals surface area contributed by atoms with Crippen LogP contribution in [0.15, 0.2) is 5.38 Å². The fourth-order valence-corrected chi connectivity index (χ4v) is 3.48. The number of aryl methyl sites for hydroxylation is 1. The Morgan fingerprint density at radius 2 is 2.17 bits per heavy atom. The van der Waals surface area contributed by atoms with Crippen LogP contribution in [-0.2, 0) is 6.54 Å². The van der Waals surface area contributed by atoms with Gasteiger partial charge in [0.1, 0.15) is 0 Å². The van der Waals surface area contributed by atoms with Gasteiger partial charge in [-0.15, -0.1) is 11.3 Å². The number of rotatable bonds is 7. The highest BCUT2D eigenvalue weighted by molar-refractivity contribution is 7.09. The number of nitrogens with one attached hydrogen (secondary N) is 1. The molecule has 0 aromatic carbocycles. The maximum absolute atomic E-state index is 12.0. The fraction of sp³-hybridized carbons (Fsp3) is 0.765. The lowest BCUT2D eigenvalue weighted by Gasteiger charge is -2.30. The highest BCUT2D eigenvalue weighted by Crippen LogP contribution is 2.16. The van der Waals surface area contributed by atoms with Crippen molar-refractivity contribution >= 4 is 17.4 Å². The topological polar surface area (TPSA) is 48.5 Å². The first-order chi connectivity index (χ1) is 11.0.